The Morgan fingerprint density at radius 3 is 2.65 bits per heavy atom. The van der Waals surface area contributed by atoms with Gasteiger partial charge in [-0.15, -0.1) is 0 Å². The highest BCUT2D eigenvalue weighted by Crippen LogP contribution is 2.36. The minimum atomic E-state index is -4.63. The number of alkyl halides is 3. The third-order valence-corrected chi connectivity index (χ3v) is 3.88. The number of unbranched alkanes of at least 4 members (excludes halogenated alkanes) is 2. The van der Waals surface area contributed by atoms with Gasteiger partial charge in [-0.25, -0.2) is 0 Å². The lowest BCUT2D eigenvalue weighted by Gasteiger charge is -2.14. The van der Waals surface area contributed by atoms with E-state index < -0.39 is 17.6 Å². The zero-order chi connectivity index (χ0) is 19.2. The highest BCUT2D eigenvalue weighted by atomic mass is 35.5. The number of carbonyl (C=O) groups is 1. The summed E-state index contributed by atoms with van der Waals surface area (Å²) in [6.45, 7) is 2.83. The van der Waals surface area contributed by atoms with E-state index in [9.17, 15) is 18.0 Å². The molecule has 1 heterocycles. The molecule has 8 heteroatoms. The molecule has 140 valence electrons. The van der Waals surface area contributed by atoms with E-state index in [0.29, 0.717) is 5.69 Å². The van der Waals surface area contributed by atoms with Gasteiger partial charge in [0.05, 0.1) is 22.5 Å². The maximum absolute atomic E-state index is 13.1. The molecule has 2 N–H and O–H groups in total. The first-order valence-electron chi connectivity index (χ1n) is 8.18. The number of pyridine rings is 1. The minimum Gasteiger partial charge on any atom is -0.384 e. The molecule has 0 radical (unpaired) electrons. The maximum Gasteiger partial charge on any atom is 0.418 e. The van der Waals surface area contributed by atoms with Gasteiger partial charge >= 0.3 is 6.18 Å². The lowest BCUT2D eigenvalue weighted by molar-refractivity contribution is -0.136. The first-order valence-corrected chi connectivity index (χ1v) is 8.56. The number of anilines is 2. The van der Waals surface area contributed by atoms with Crippen molar-refractivity contribution >= 4 is 28.9 Å². The Morgan fingerprint density at radius 1 is 1.19 bits per heavy atom. The normalized spacial score (nSPS) is 11.3. The van der Waals surface area contributed by atoms with Crippen LogP contribution >= 0.6 is 11.6 Å². The van der Waals surface area contributed by atoms with Crippen LogP contribution < -0.4 is 10.6 Å². The first-order chi connectivity index (χ1) is 12.3. The number of nitrogens with zero attached hydrogens (tertiary/aromatic N) is 1. The number of halogens is 4. The molecule has 26 heavy (non-hydrogen) atoms. The quantitative estimate of drug-likeness (QED) is 0.609. The number of hydrogen-bond acceptors (Lipinski definition) is 3. The fraction of sp³-hybridized carbons (Fsp3) is 0.333. The predicted octanol–water partition coefficient (Wildman–Crippen LogP) is 5.61. The van der Waals surface area contributed by atoms with Crippen LogP contribution in [0.4, 0.5) is 24.5 Å². The van der Waals surface area contributed by atoms with Crippen LogP contribution in [0.5, 0.6) is 0 Å². The fourth-order valence-electron chi connectivity index (χ4n) is 2.32. The zero-order valence-electron chi connectivity index (χ0n) is 14.2. The zero-order valence-corrected chi connectivity index (χ0v) is 14.9. The van der Waals surface area contributed by atoms with Crippen molar-refractivity contribution in [1.29, 1.82) is 0 Å². The Kier molecular flexibility index (Phi) is 6.85. The first kappa shape index (κ1) is 20.0. The Balaban J connectivity index is 2.13. The van der Waals surface area contributed by atoms with E-state index in [1.54, 1.807) is 12.3 Å². The second-order valence-electron chi connectivity index (χ2n) is 5.74. The van der Waals surface area contributed by atoms with E-state index in [0.717, 1.165) is 37.9 Å². The minimum absolute atomic E-state index is 0.0599. The number of hydrogen-bond donors (Lipinski definition) is 2. The molecule has 0 bridgehead atoms. The summed E-state index contributed by atoms with van der Waals surface area (Å²) in [4.78, 5) is 16.3. The number of nitrogens with one attached hydrogen (secondary N) is 2. The summed E-state index contributed by atoms with van der Waals surface area (Å²) in [5, 5.41) is 5.36. The van der Waals surface area contributed by atoms with Crippen molar-refractivity contribution < 1.29 is 18.0 Å². The van der Waals surface area contributed by atoms with E-state index >= 15 is 0 Å². The Bertz CT molecular complexity index is 766. The van der Waals surface area contributed by atoms with Crippen LogP contribution in [0, 0.1) is 0 Å². The highest BCUT2D eigenvalue weighted by Gasteiger charge is 2.34. The van der Waals surface area contributed by atoms with Crippen molar-refractivity contribution in [3.63, 3.8) is 0 Å². The lowest BCUT2D eigenvalue weighted by Crippen LogP contribution is -2.17. The molecule has 0 saturated heterocycles. The monoisotopic (exact) mass is 385 g/mol. The van der Waals surface area contributed by atoms with Crippen molar-refractivity contribution in [2.45, 2.75) is 32.4 Å². The van der Waals surface area contributed by atoms with Crippen molar-refractivity contribution in [1.82, 2.24) is 4.98 Å². The lowest BCUT2D eigenvalue weighted by atomic mass is 10.1. The molecule has 1 aromatic heterocycles. The molecule has 0 aliphatic heterocycles. The van der Waals surface area contributed by atoms with E-state index in [1.807, 2.05) is 0 Å². The average molecular weight is 386 g/mol. The second-order valence-corrected chi connectivity index (χ2v) is 6.17. The van der Waals surface area contributed by atoms with Crippen molar-refractivity contribution in [3.8, 4) is 0 Å². The van der Waals surface area contributed by atoms with Gasteiger partial charge in [-0.3, -0.25) is 9.78 Å². The summed E-state index contributed by atoms with van der Waals surface area (Å²) in [5.41, 5.74) is -0.553. The Labute approximate surface area is 154 Å². The molecule has 0 spiro atoms. The molecule has 1 amide bonds. The van der Waals surface area contributed by atoms with Gasteiger partial charge in [0.1, 0.15) is 0 Å². The molecule has 0 unspecified atom stereocenters. The fourth-order valence-corrected chi connectivity index (χ4v) is 2.50. The number of aromatic nitrogens is 1. The largest absolute Gasteiger partial charge is 0.418 e. The van der Waals surface area contributed by atoms with Gasteiger partial charge < -0.3 is 10.6 Å². The van der Waals surface area contributed by atoms with Crippen LogP contribution in [0.2, 0.25) is 5.02 Å². The topological polar surface area (TPSA) is 54.0 Å². The summed E-state index contributed by atoms with van der Waals surface area (Å²) in [5.74, 6) is -0.678. The SMILES string of the molecule is CCCCCNc1cncc(C(=O)Nc2ccc(Cl)cc2C(F)(F)F)c1. The van der Waals surface area contributed by atoms with Gasteiger partial charge in [0.25, 0.3) is 5.91 Å². The van der Waals surface area contributed by atoms with Gasteiger partial charge in [0.15, 0.2) is 0 Å². The number of benzene rings is 1. The van der Waals surface area contributed by atoms with Gasteiger partial charge in [-0.05, 0) is 30.7 Å². The molecule has 2 aromatic rings. The number of amides is 1. The predicted molar refractivity (Wildman–Crippen MR) is 96.7 cm³/mol. The summed E-state index contributed by atoms with van der Waals surface area (Å²) >= 11 is 5.64. The third-order valence-electron chi connectivity index (χ3n) is 3.65. The molecule has 0 aliphatic rings. The molecule has 0 atom stereocenters. The summed E-state index contributed by atoms with van der Waals surface area (Å²) in [6, 6.07) is 4.75. The summed E-state index contributed by atoms with van der Waals surface area (Å²) in [6.07, 6.45) is 1.38. The highest BCUT2D eigenvalue weighted by molar-refractivity contribution is 6.30. The van der Waals surface area contributed by atoms with Crippen LogP contribution in [0.25, 0.3) is 0 Å². The van der Waals surface area contributed by atoms with Gasteiger partial charge in [-0.2, -0.15) is 13.2 Å². The van der Waals surface area contributed by atoms with E-state index in [-0.39, 0.29) is 16.3 Å². The molecule has 4 nitrogen and oxygen atoms in total. The smallest absolute Gasteiger partial charge is 0.384 e. The number of carbonyl (C=O) groups excluding carboxylic acids is 1. The van der Waals surface area contributed by atoms with Crippen LogP contribution in [0.15, 0.2) is 36.7 Å². The summed E-state index contributed by atoms with van der Waals surface area (Å²) < 4.78 is 39.3. The second kappa shape index (κ2) is 8.89. The van der Waals surface area contributed by atoms with E-state index in [2.05, 4.69) is 22.5 Å². The number of rotatable bonds is 7. The molecular formula is C18H19ClF3N3O. The standard InChI is InChI=1S/C18H19ClF3N3O/c1-2-3-4-7-24-14-8-12(10-23-11-14)17(26)25-16-6-5-13(19)9-15(16)18(20,21)22/h5-6,8-11,24H,2-4,7H2,1H3,(H,25,26). The maximum atomic E-state index is 13.1. The molecule has 0 fully saturated rings. The van der Waals surface area contributed by atoms with Gasteiger partial charge in [0.2, 0.25) is 0 Å². The van der Waals surface area contributed by atoms with E-state index in [1.165, 1.54) is 12.3 Å². The molecule has 0 saturated carbocycles. The molecular weight excluding hydrogens is 367 g/mol. The van der Waals surface area contributed by atoms with Gasteiger partial charge in [-0.1, -0.05) is 31.4 Å². The Hall–Kier alpha value is -2.28. The average Bonchev–Trinajstić information content (AvgIpc) is 2.59. The van der Waals surface area contributed by atoms with Crippen LogP contribution in [0.3, 0.4) is 0 Å². The Morgan fingerprint density at radius 2 is 1.96 bits per heavy atom. The van der Waals surface area contributed by atoms with Crippen LogP contribution in [0.1, 0.15) is 42.1 Å². The summed E-state index contributed by atoms with van der Waals surface area (Å²) in [7, 11) is 0. The van der Waals surface area contributed by atoms with Crippen molar-refractivity contribution in [3.05, 3.63) is 52.8 Å². The van der Waals surface area contributed by atoms with E-state index in [4.69, 9.17) is 11.6 Å². The van der Waals surface area contributed by atoms with Crippen LogP contribution in [-0.2, 0) is 6.18 Å². The molecule has 2 rings (SSSR count). The van der Waals surface area contributed by atoms with Gasteiger partial charge in [0, 0.05) is 24.0 Å². The van der Waals surface area contributed by atoms with Crippen LogP contribution in [-0.4, -0.2) is 17.4 Å². The van der Waals surface area contributed by atoms with Crippen molar-refractivity contribution in [2.75, 3.05) is 17.2 Å². The molecule has 1 aromatic carbocycles. The van der Waals surface area contributed by atoms with Crippen molar-refractivity contribution in [2.24, 2.45) is 0 Å². The molecule has 0 aliphatic carbocycles. The third kappa shape index (κ3) is 5.62.